The van der Waals surface area contributed by atoms with Crippen LogP contribution in [-0.2, 0) is 6.54 Å². The molecule has 0 aliphatic heterocycles. The quantitative estimate of drug-likeness (QED) is 0.822. The second kappa shape index (κ2) is 6.10. The third-order valence-electron chi connectivity index (χ3n) is 2.48. The van der Waals surface area contributed by atoms with Crippen LogP contribution in [0.2, 0.25) is 0 Å². The molecule has 2 aromatic rings. The summed E-state index contributed by atoms with van der Waals surface area (Å²) in [5.41, 5.74) is 2.06. The molecule has 1 aromatic carbocycles. The lowest BCUT2D eigenvalue weighted by molar-refractivity contribution is 0.272. The molecule has 2 rings (SSSR count). The number of hydrogen-bond acceptors (Lipinski definition) is 3. The summed E-state index contributed by atoms with van der Waals surface area (Å²) in [5.74, 6) is 1.41. The van der Waals surface area contributed by atoms with Gasteiger partial charge in [0.1, 0.15) is 5.75 Å². The fourth-order valence-electron chi connectivity index (χ4n) is 1.57. The van der Waals surface area contributed by atoms with E-state index < -0.39 is 0 Å². The molecule has 4 heteroatoms. The largest absolute Gasteiger partial charge is 0.491 e. The van der Waals surface area contributed by atoms with Crippen LogP contribution < -0.4 is 10.1 Å². The molecule has 0 atom stereocenters. The monoisotopic (exact) mass is 245 g/mol. The highest BCUT2D eigenvalue weighted by Crippen LogP contribution is 2.24. The molecule has 96 valence electrons. The fraction of sp³-hybridized carbons (Fsp3) is 0.357. The Morgan fingerprint density at radius 1 is 1.33 bits per heavy atom. The Labute approximate surface area is 107 Å². The Balaban J connectivity index is 1.98. The van der Waals surface area contributed by atoms with Gasteiger partial charge in [0.15, 0.2) is 0 Å². The van der Waals surface area contributed by atoms with Crippen LogP contribution in [0.15, 0.2) is 36.8 Å². The van der Waals surface area contributed by atoms with Crippen molar-refractivity contribution in [2.45, 2.75) is 20.4 Å². The van der Waals surface area contributed by atoms with Gasteiger partial charge in [-0.05, 0) is 18.1 Å². The number of nitrogens with zero attached hydrogens (tertiary/aromatic N) is 1. The van der Waals surface area contributed by atoms with Gasteiger partial charge >= 0.3 is 0 Å². The Morgan fingerprint density at radius 3 is 2.89 bits per heavy atom. The third-order valence-corrected chi connectivity index (χ3v) is 2.48. The molecule has 1 aromatic heterocycles. The molecule has 0 unspecified atom stereocenters. The molecule has 0 bridgehead atoms. The molecule has 0 saturated carbocycles. The molecule has 2 N–H and O–H groups in total. The van der Waals surface area contributed by atoms with Gasteiger partial charge in [-0.3, -0.25) is 0 Å². The average Bonchev–Trinajstić information content (AvgIpc) is 2.88. The summed E-state index contributed by atoms with van der Waals surface area (Å²) < 4.78 is 5.78. The Morgan fingerprint density at radius 2 is 2.17 bits per heavy atom. The zero-order valence-electron chi connectivity index (χ0n) is 10.8. The second-order valence-electron chi connectivity index (χ2n) is 4.63. The predicted molar refractivity (Wildman–Crippen MR) is 72.7 cm³/mol. The SMILES string of the molecule is CC(C)COc1ccccc1NCc1cnc[nH]1. The average molecular weight is 245 g/mol. The lowest BCUT2D eigenvalue weighted by Gasteiger charge is -2.14. The minimum absolute atomic E-state index is 0.519. The van der Waals surface area contributed by atoms with Gasteiger partial charge in [-0.2, -0.15) is 0 Å². The molecule has 4 nitrogen and oxygen atoms in total. The van der Waals surface area contributed by atoms with Crippen molar-refractivity contribution in [3.05, 3.63) is 42.5 Å². The van der Waals surface area contributed by atoms with Crippen molar-refractivity contribution in [2.24, 2.45) is 5.92 Å². The summed E-state index contributed by atoms with van der Waals surface area (Å²) in [6.45, 7) is 5.71. The van der Waals surface area contributed by atoms with Crippen LogP contribution in [0.25, 0.3) is 0 Å². The molecule has 0 amide bonds. The summed E-state index contributed by atoms with van der Waals surface area (Å²) in [6, 6.07) is 7.98. The van der Waals surface area contributed by atoms with Crippen LogP contribution in [-0.4, -0.2) is 16.6 Å². The number of ether oxygens (including phenoxy) is 1. The standard InChI is InChI=1S/C14H19N3O/c1-11(2)9-18-14-6-4-3-5-13(14)16-8-12-7-15-10-17-12/h3-7,10-11,16H,8-9H2,1-2H3,(H,15,17). The Kier molecular flexibility index (Phi) is 4.23. The van der Waals surface area contributed by atoms with Gasteiger partial charge in [0.25, 0.3) is 0 Å². The van der Waals surface area contributed by atoms with Crippen LogP contribution in [0, 0.1) is 5.92 Å². The first-order chi connectivity index (χ1) is 8.75. The molecular formula is C14H19N3O. The van der Waals surface area contributed by atoms with E-state index in [1.165, 1.54) is 0 Å². The van der Waals surface area contributed by atoms with Gasteiger partial charge in [-0.25, -0.2) is 4.98 Å². The molecule has 0 radical (unpaired) electrons. The molecular weight excluding hydrogens is 226 g/mol. The van der Waals surface area contributed by atoms with Crippen LogP contribution in [0.1, 0.15) is 19.5 Å². The maximum atomic E-state index is 5.78. The lowest BCUT2D eigenvalue weighted by atomic mass is 10.2. The van der Waals surface area contributed by atoms with E-state index in [-0.39, 0.29) is 0 Å². The normalized spacial score (nSPS) is 10.6. The number of hydrogen-bond donors (Lipinski definition) is 2. The van der Waals surface area contributed by atoms with E-state index >= 15 is 0 Å². The minimum atomic E-state index is 0.519. The van der Waals surface area contributed by atoms with Crippen LogP contribution in [0.5, 0.6) is 5.75 Å². The van der Waals surface area contributed by atoms with Crippen molar-refractivity contribution in [2.75, 3.05) is 11.9 Å². The lowest BCUT2D eigenvalue weighted by Crippen LogP contribution is -2.07. The maximum absolute atomic E-state index is 5.78. The Bertz CT molecular complexity index is 466. The second-order valence-corrected chi connectivity index (χ2v) is 4.63. The molecule has 0 spiro atoms. The van der Waals surface area contributed by atoms with Crippen molar-refractivity contribution < 1.29 is 4.74 Å². The number of aromatic amines is 1. The molecule has 18 heavy (non-hydrogen) atoms. The highest BCUT2D eigenvalue weighted by molar-refractivity contribution is 5.56. The smallest absolute Gasteiger partial charge is 0.142 e. The zero-order chi connectivity index (χ0) is 12.8. The molecule has 0 saturated heterocycles. The highest BCUT2D eigenvalue weighted by Gasteiger charge is 2.04. The van der Waals surface area contributed by atoms with Crippen molar-refractivity contribution in [1.82, 2.24) is 9.97 Å². The first-order valence-corrected chi connectivity index (χ1v) is 6.18. The van der Waals surface area contributed by atoms with E-state index in [1.54, 1.807) is 6.33 Å². The first kappa shape index (κ1) is 12.5. The van der Waals surface area contributed by atoms with E-state index in [0.29, 0.717) is 12.5 Å². The van der Waals surface area contributed by atoms with Crippen LogP contribution >= 0.6 is 0 Å². The van der Waals surface area contributed by atoms with Gasteiger partial charge in [0.05, 0.1) is 30.9 Å². The van der Waals surface area contributed by atoms with Gasteiger partial charge in [-0.1, -0.05) is 26.0 Å². The van der Waals surface area contributed by atoms with Gasteiger partial charge in [-0.15, -0.1) is 0 Å². The number of imidazole rings is 1. The maximum Gasteiger partial charge on any atom is 0.142 e. The Hall–Kier alpha value is -1.97. The molecule has 0 aliphatic carbocycles. The van der Waals surface area contributed by atoms with Crippen LogP contribution in [0.3, 0.4) is 0 Å². The number of aromatic nitrogens is 2. The molecule has 0 fully saturated rings. The summed E-state index contributed by atoms with van der Waals surface area (Å²) in [5, 5.41) is 3.34. The van der Waals surface area contributed by atoms with Crippen LogP contribution in [0.4, 0.5) is 5.69 Å². The topological polar surface area (TPSA) is 49.9 Å². The number of nitrogens with one attached hydrogen (secondary N) is 2. The first-order valence-electron chi connectivity index (χ1n) is 6.18. The highest BCUT2D eigenvalue weighted by atomic mass is 16.5. The summed E-state index contributed by atoms with van der Waals surface area (Å²) in [6.07, 6.45) is 3.49. The zero-order valence-corrected chi connectivity index (χ0v) is 10.8. The fourth-order valence-corrected chi connectivity index (χ4v) is 1.57. The van der Waals surface area contributed by atoms with Crippen molar-refractivity contribution in [1.29, 1.82) is 0 Å². The predicted octanol–water partition coefficient (Wildman–Crippen LogP) is 3.06. The number of H-pyrrole nitrogens is 1. The number of benzene rings is 1. The van der Waals surface area contributed by atoms with E-state index in [1.807, 2.05) is 30.5 Å². The number of para-hydroxylation sites is 2. The minimum Gasteiger partial charge on any atom is -0.491 e. The van der Waals surface area contributed by atoms with Gasteiger partial charge in [0.2, 0.25) is 0 Å². The summed E-state index contributed by atoms with van der Waals surface area (Å²) in [7, 11) is 0. The summed E-state index contributed by atoms with van der Waals surface area (Å²) in [4.78, 5) is 7.05. The van der Waals surface area contributed by atoms with E-state index in [0.717, 1.165) is 23.7 Å². The van der Waals surface area contributed by atoms with Crippen molar-refractivity contribution in [3.8, 4) is 5.75 Å². The molecule has 0 aliphatic rings. The van der Waals surface area contributed by atoms with Gasteiger partial charge < -0.3 is 15.0 Å². The van der Waals surface area contributed by atoms with E-state index in [4.69, 9.17) is 4.74 Å². The summed E-state index contributed by atoms with van der Waals surface area (Å²) >= 11 is 0. The van der Waals surface area contributed by atoms with Crippen molar-refractivity contribution >= 4 is 5.69 Å². The van der Waals surface area contributed by atoms with E-state index in [2.05, 4.69) is 29.1 Å². The number of rotatable bonds is 6. The van der Waals surface area contributed by atoms with Crippen molar-refractivity contribution in [3.63, 3.8) is 0 Å². The molecule has 1 heterocycles. The van der Waals surface area contributed by atoms with Gasteiger partial charge in [0, 0.05) is 6.20 Å². The van der Waals surface area contributed by atoms with E-state index in [9.17, 15) is 0 Å². The third kappa shape index (κ3) is 3.52. The number of anilines is 1.